The van der Waals surface area contributed by atoms with Gasteiger partial charge >= 0.3 is 0 Å². The highest BCUT2D eigenvalue weighted by Gasteiger charge is 2.18. The van der Waals surface area contributed by atoms with E-state index in [9.17, 15) is 0 Å². The zero-order valence-electron chi connectivity index (χ0n) is 11.6. The van der Waals surface area contributed by atoms with E-state index in [0.717, 1.165) is 18.4 Å². The second kappa shape index (κ2) is 7.11. The first-order valence-electron chi connectivity index (χ1n) is 6.99. The first-order valence-corrected chi connectivity index (χ1v) is 6.99. The van der Waals surface area contributed by atoms with E-state index in [2.05, 4.69) is 39.1 Å². The fourth-order valence-electron chi connectivity index (χ4n) is 2.55. The second-order valence-electron chi connectivity index (χ2n) is 5.80. The van der Waals surface area contributed by atoms with Gasteiger partial charge in [-0.25, -0.2) is 0 Å². The molecule has 1 heteroatoms. The van der Waals surface area contributed by atoms with Crippen LogP contribution in [0.15, 0.2) is 11.6 Å². The maximum atomic E-state index is 3.47. The highest BCUT2D eigenvalue weighted by Crippen LogP contribution is 2.32. The minimum Gasteiger partial charge on any atom is -0.314 e. The van der Waals surface area contributed by atoms with Crippen LogP contribution >= 0.6 is 0 Å². The predicted octanol–water partition coefficient (Wildman–Crippen LogP) is 4.15. The molecule has 0 aliphatic heterocycles. The Morgan fingerprint density at radius 2 is 1.88 bits per heavy atom. The molecule has 1 fully saturated rings. The Bertz CT molecular complexity index is 209. The summed E-state index contributed by atoms with van der Waals surface area (Å²) in [5, 5.41) is 3.47. The molecule has 1 nitrogen and oxygen atoms in total. The molecule has 0 heterocycles. The molecular formula is C15H29N. The lowest BCUT2D eigenvalue weighted by Crippen LogP contribution is -2.23. The van der Waals surface area contributed by atoms with Gasteiger partial charge in [-0.1, -0.05) is 45.3 Å². The minimum atomic E-state index is 0.615. The summed E-state index contributed by atoms with van der Waals surface area (Å²) in [6.45, 7) is 10.3. The van der Waals surface area contributed by atoms with Crippen molar-refractivity contribution in [2.75, 3.05) is 6.54 Å². The lowest BCUT2D eigenvalue weighted by Gasteiger charge is -2.27. The van der Waals surface area contributed by atoms with Gasteiger partial charge in [0, 0.05) is 6.04 Å². The summed E-state index contributed by atoms with van der Waals surface area (Å²) < 4.78 is 0. The molecule has 0 aromatic carbocycles. The van der Waals surface area contributed by atoms with Crippen molar-refractivity contribution in [1.29, 1.82) is 0 Å². The lowest BCUT2D eigenvalue weighted by atomic mass is 9.79. The van der Waals surface area contributed by atoms with E-state index < -0.39 is 0 Å². The molecule has 94 valence electrons. The molecule has 16 heavy (non-hydrogen) atoms. The zero-order valence-corrected chi connectivity index (χ0v) is 11.6. The van der Waals surface area contributed by atoms with Crippen LogP contribution in [0.1, 0.15) is 59.8 Å². The molecule has 0 aromatic heterocycles. The van der Waals surface area contributed by atoms with Gasteiger partial charge < -0.3 is 5.32 Å². The number of hydrogen-bond donors (Lipinski definition) is 1. The first kappa shape index (κ1) is 13.8. The van der Waals surface area contributed by atoms with Gasteiger partial charge in [0.05, 0.1) is 0 Å². The van der Waals surface area contributed by atoms with E-state index >= 15 is 0 Å². The SMILES string of the molecule is CC(=CCCNC(C)C)C1CCC(C)CC1. The standard InChI is InChI=1S/C15H29N/c1-12(2)16-11-5-6-14(4)15-9-7-13(3)8-10-15/h6,12-13,15-16H,5,7-11H2,1-4H3. The molecular weight excluding hydrogens is 194 g/mol. The molecule has 0 bridgehead atoms. The Labute approximate surface area is 102 Å². The molecule has 1 rings (SSSR count). The van der Waals surface area contributed by atoms with E-state index in [1.807, 2.05) is 0 Å². The fraction of sp³-hybridized carbons (Fsp3) is 0.867. The molecule has 0 radical (unpaired) electrons. The van der Waals surface area contributed by atoms with Crippen molar-refractivity contribution in [2.45, 2.75) is 65.8 Å². The maximum absolute atomic E-state index is 3.47. The van der Waals surface area contributed by atoms with Crippen LogP contribution in [0.3, 0.4) is 0 Å². The van der Waals surface area contributed by atoms with Crippen LogP contribution in [0, 0.1) is 11.8 Å². The Morgan fingerprint density at radius 3 is 2.44 bits per heavy atom. The van der Waals surface area contributed by atoms with E-state index in [1.54, 1.807) is 5.57 Å². The Balaban J connectivity index is 2.22. The van der Waals surface area contributed by atoms with Gasteiger partial charge in [0.25, 0.3) is 0 Å². The monoisotopic (exact) mass is 223 g/mol. The minimum absolute atomic E-state index is 0.615. The van der Waals surface area contributed by atoms with Crippen molar-refractivity contribution in [3.05, 3.63) is 11.6 Å². The van der Waals surface area contributed by atoms with Crippen LogP contribution < -0.4 is 5.32 Å². The third kappa shape index (κ3) is 5.16. The van der Waals surface area contributed by atoms with Crippen LogP contribution in [-0.2, 0) is 0 Å². The van der Waals surface area contributed by atoms with Crippen LogP contribution in [0.5, 0.6) is 0 Å². The van der Waals surface area contributed by atoms with Crippen molar-refractivity contribution in [2.24, 2.45) is 11.8 Å². The highest BCUT2D eigenvalue weighted by atomic mass is 14.9. The first-order chi connectivity index (χ1) is 7.59. The molecule has 1 aliphatic rings. The largest absolute Gasteiger partial charge is 0.314 e. The van der Waals surface area contributed by atoms with Gasteiger partial charge in [-0.05, 0) is 44.6 Å². The molecule has 0 saturated heterocycles. The molecule has 1 aliphatic carbocycles. The van der Waals surface area contributed by atoms with Gasteiger partial charge in [-0.15, -0.1) is 0 Å². The average Bonchev–Trinajstić information content (AvgIpc) is 2.25. The number of rotatable bonds is 5. The molecule has 0 aromatic rings. The Morgan fingerprint density at radius 1 is 1.25 bits per heavy atom. The van der Waals surface area contributed by atoms with Gasteiger partial charge in [-0.3, -0.25) is 0 Å². The summed E-state index contributed by atoms with van der Waals surface area (Å²) in [7, 11) is 0. The topological polar surface area (TPSA) is 12.0 Å². The zero-order chi connectivity index (χ0) is 12.0. The molecule has 1 saturated carbocycles. The van der Waals surface area contributed by atoms with Crippen molar-refractivity contribution < 1.29 is 0 Å². The molecule has 0 unspecified atom stereocenters. The molecule has 0 amide bonds. The van der Waals surface area contributed by atoms with E-state index in [1.165, 1.54) is 32.1 Å². The third-order valence-electron chi connectivity index (χ3n) is 3.82. The summed E-state index contributed by atoms with van der Waals surface area (Å²) >= 11 is 0. The van der Waals surface area contributed by atoms with Crippen molar-refractivity contribution in [3.8, 4) is 0 Å². The summed E-state index contributed by atoms with van der Waals surface area (Å²) in [4.78, 5) is 0. The Kier molecular flexibility index (Phi) is 6.12. The normalized spacial score (nSPS) is 27.4. The summed E-state index contributed by atoms with van der Waals surface area (Å²) in [5.41, 5.74) is 1.64. The van der Waals surface area contributed by atoms with Crippen molar-refractivity contribution in [3.63, 3.8) is 0 Å². The summed E-state index contributed by atoms with van der Waals surface area (Å²) in [6.07, 6.45) is 9.34. The number of nitrogens with one attached hydrogen (secondary N) is 1. The molecule has 0 atom stereocenters. The van der Waals surface area contributed by atoms with E-state index in [0.29, 0.717) is 6.04 Å². The number of allylic oxidation sites excluding steroid dienone is 1. The molecule has 0 spiro atoms. The Hall–Kier alpha value is -0.300. The second-order valence-corrected chi connectivity index (χ2v) is 5.80. The average molecular weight is 223 g/mol. The summed E-state index contributed by atoms with van der Waals surface area (Å²) in [6, 6.07) is 0.615. The van der Waals surface area contributed by atoms with Gasteiger partial charge in [0.1, 0.15) is 0 Å². The van der Waals surface area contributed by atoms with E-state index in [4.69, 9.17) is 0 Å². The molecule has 1 N–H and O–H groups in total. The van der Waals surface area contributed by atoms with Crippen LogP contribution in [0.4, 0.5) is 0 Å². The van der Waals surface area contributed by atoms with E-state index in [-0.39, 0.29) is 0 Å². The van der Waals surface area contributed by atoms with Crippen LogP contribution in [-0.4, -0.2) is 12.6 Å². The smallest absolute Gasteiger partial charge is 0.00105 e. The van der Waals surface area contributed by atoms with Gasteiger partial charge in [0.2, 0.25) is 0 Å². The van der Waals surface area contributed by atoms with Crippen molar-refractivity contribution in [1.82, 2.24) is 5.32 Å². The van der Waals surface area contributed by atoms with Crippen LogP contribution in [0.25, 0.3) is 0 Å². The predicted molar refractivity (Wildman–Crippen MR) is 72.6 cm³/mol. The highest BCUT2D eigenvalue weighted by molar-refractivity contribution is 5.04. The van der Waals surface area contributed by atoms with Gasteiger partial charge in [0.15, 0.2) is 0 Å². The third-order valence-corrected chi connectivity index (χ3v) is 3.82. The quantitative estimate of drug-likeness (QED) is 0.545. The number of hydrogen-bond acceptors (Lipinski definition) is 1. The van der Waals surface area contributed by atoms with Gasteiger partial charge in [-0.2, -0.15) is 0 Å². The summed E-state index contributed by atoms with van der Waals surface area (Å²) in [5.74, 6) is 1.85. The lowest BCUT2D eigenvalue weighted by molar-refractivity contribution is 0.319. The maximum Gasteiger partial charge on any atom is 0.00105 e. The van der Waals surface area contributed by atoms with Crippen LogP contribution in [0.2, 0.25) is 0 Å². The van der Waals surface area contributed by atoms with Crippen molar-refractivity contribution >= 4 is 0 Å². The fourth-order valence-corrected chi connectivity index (χ4v) is 2.55.